The Morgan fingerprint density at radius 2 is 2.04 bits per heavy atom. The van der Waals surface area contributed by atoms with Crippen LogP contribution < -0.4 is 19.7 Å². The van der Waals surface area contributed by atoms with Crippen molar-refractivity contribution in [2.75, 3.05) is 31.7 Å². The minimum atomic E-state index is -0.579. The summed E-state index contributed by atoms with van der Waals surface area (Å²) in [6.45, 7) is 0.149. The Bertz CT molecular complexity index is 829. The number of methoxy groups -OCH3 is 1. The molecule has 0 saturated carbocycles. The van der Waals surface area contributed by atoms with Crippen molar-refractivity contribution < 1.29 is 28.2 Å². The molecule has 1 saturated heterocycles. The van der Waals surface area contributed by atoms with Gasteiger partial charge in [0, 0.05) is 0 Å². The first-order chi connectivity index (χ1) is 13.1. The standard InChI is InChI=1S/C19H19FN2O5/c1-25-16-7-2-3-8-17(16)26-12-18(23)21-10-15-11-22(19(24)27-15)14-6-4-5-13(20)9-14/h2-9,15H,10-12H2,1H3,(H,21,23). The lowest BCUT2D eigenvalue weighted by Crippen LogP contribution is -2.37. The first kappa shape index (κ1) is 18.5. The normalized spacial score (nSPS) is 16.0. The van der Waals surface area contributed by atoms with Gasteiger partial charge in [0.05, 0.1) is 25.9 Å². The lowest BCUT2D eigenvalue weighted by molar-refractivity contribution is -0.123. The van der Waals surface area contributed by atoms with Crippen LogP contribution in [-0.4, -0.2) is 44.9 Å². The van der Waals surface area contributed by atoms with Crippen LogP contribution in [0.25, 0.3) is 0 Å². The van der Waals surface area contributed by atoms with Gasteiger partial charge in [0.2, 0.25) is 0 Å². The van der Waals surface area contributed by atoms with Crippen LogP contribution in [0, 0.1) is 5.82 Å². The van der Waals surface area contributed by atoms with Crippen molar-refractivity contribution in [1.82, 2.24) is 5.32 Å². The number of carbonyl (C=O) groups is 2. The summed E-state index contributed by atoms with van der Waals surface area (Å²) in [5.41, 5.74) is 0.410. The van der Waals surface area contributed by atoms with Gasteiger partial charge in [-0.25, -0.2) is 9.18 Å². The minimum Gasteiger partial charge on any atom is -0.493 e. The number of nitrogens with zero attached hydrogens (tertiary/aromatic N) is 1. The van der Waals surface area contributed by atoms with Crippen molar-refractivity contribution in [3.63, 3.8) is 0 Å². The number of rotatable bonds is 7. The van der Waals surface area contributed by atoms with Gasteiger partial charge in [-0.2, -0.15) is 0 Å². The molecule has 2 aromatic carbocycles. The molecule has 2 aromatic rings. The summed E-state index contributed by atoms with van der Waals surface area (Å²) in [7, 11) is 1.51. The number of carbonyl (C=O) groups excluding carboxylic acids is 2. The van der Waals surface area contributed by atoms with Gasteiger partial charge in [0.25, 0.3) is 5.91 Å². The zero-order valence-electron chi connectivity index (χ0n) is 14.7. The van der Waals surface area contributed by atoms with Crippen molar-refractivity contribution in [2.24, 2.45) is 0 Å². The highest BCUT2D eigenvalue weighted by molar-refractivity contribution is 5.89. The van der Waals surface area contributed by atoms with E-state index in [4.69, 9.17) is 14.2 Å². The smallest absolute Gasteiger partial charge is 0.414 e. The molecule has 1 N–H and O–H groups in total. The van der Waals surface area contributed by atoms with Gasteiger partial charge in [0.15, 0.2) is 18.1 Å². The van der Waals surface area contributed by atoms with Crippen LogP contribution in [0.4, 0.5) is 14.9 Å². The molecule has 0 radical (unpaired) electrons. The molecule has 142 valence electrons. The van der Waals surface area contributed by atoms with Crippen molar-refractivity contribution in [1.29, 1.82) is 0 Å². The van der Waals surface area contributed by atoms with E-state index in [9.17, 15) is 14.0 Å². The summed E-state index contributed by atoms with van der Waals surface area (Å²) in [6.07, 6.45) is -1.11. The Hall–Kier alpha value is -3.29. The summed E-state index contributed by atoms with van der Waals surface area (Å²) in [6, 6.07) is 12.7. The van der Waals surface area contributed by atoms with Gasteiger partial charge in [-0.3, -0.25) is 9.69 Å². The molecule has 7 nitrogen and oxygen atoms in total. The van der Waals surface area contributed by atoms with Crippen molar-refractivity contribution in [3.8, 4) is 11.5 Å². The molecule has 3 rings (SSSR count). The number of hydrogen-bond acceptors (Lipinski definition) is 5. The number of halogens is 1. The summed E-state index contributed by atoms with van der Waals surface area (Å²) in [5.74, 6) is 0.187. The topological polar surface area (TPSA) is 77.1 Å². The van der Waals surface area contributed by atoms with Gasteiger partial charge in [-0.15, -0.1) is 0 Å². The zero-order valence-corrected chi connectivity index (χ0v) is 14.7. The number of benzene rings is 2. The predicted octanol–water partition coefficient (Wildman–Crippen LogP) is 2.35. The third-order valence-electron chi connectivity index (χ3n) is 3.95. The summed E-state index contributed by atoms with van der Waals surface area (Å²) in [4.78, 5) is 25.2. The average Bonchev–Trinajstić information content (AvgIpc) is 3.05. The van der Waals surface area contributed by atoms with E-state index in [-0.39, 0.29) is 25.6 Å². The summed E-state index contributed by atoms with van der Waals surface area (Å²) < 4.78 is 29.1. The number of amides is 2. The largest absolute Gasteiger partial charge is 0.493 e. The molecule has 1 aliphatic heterocycles. The highest BCUT2D eigenvalue weighted by atomic mass is 19.1. The maximum atomic E-state index is 13.3. The molecule has 27 heavy (non-hydrogen) atoms. The summed E-state index contributed by atoms with van der Waals surface area (Å²) in [5, 5.41) is 2.65. The van der Waals surface area contributed by atoms with Gasteiger partial charge in [-0.1, -0.05) is 18.2 Å². The number of hydrogen-bond donors (Lipinski definition) is 1. The highest BCUT2D eigenvalue weighted by Crippen LogP contribution is 2.25. The van der Waals surface area contributed by atoms with Crippen molar-refractivity contribution in [3.05, 3.63) is 54.3 Å². The fraction of sp³-hybridized carbons (Fsp3) is 0.263. The SMILES string of the molecule is COc1ccccc1OCC(=O)NCC1CN(c2cccc(F)c2)C(=O)O1. The van der Waals surface area contributed by atoms with Crippen LogP contribution in [-0.2, 0) is 9.53 Å². The maximum Gasteiger partial charge on any atom is 0.414 e. The molecule has 0 aliphatic carbocycles. The van der Waals surface area contributed by atoms with E-state index >= 15 is 0 Å². The van der Waals surface area contributed by atoms with E-state index in [1.807, 2.05) is 0 Å². The van der Waals surface area contributed by atoms with Crippen LogP contribution in [0.1, 0.15) is 0 Å². The van der Waals surface area contributed by atoms with E-state index in [1.165, 1.54) is 30.2 Å². The Balaban J connectivity index is 1.47. The molecular weight excluding hydrogens is 355 g/mol. The second kappa shape index (κ2) is 8.39. The maximum absolute atomic E-state index is 13.3. The molecule has 1 aliphatic rings. The molecule has 1 atom stereocenters. The second-order valence-electron chi connectivity index (χ2n) is 5.84. The summed E-state index contributed by atoms with van der Waals surface area (Å²) >= 11 is 0. The molecule has 2 amide bonds. The Kier molecular flexibility index (Phi) is 5.75. The molecule has 8 heteroatoms. The third-order valence-corrected chi connectivity index (χ3v) is 3.95. The predicted molar refractivity (Wildman–Crippen MR) is 95.5 cm³/mol. The number of anilines is 1. The quantitative estimate of drug-likeness (QED) is 0.805. The Labute approximate surface area is 155 Å². The molecular formula is C19H19FN2O5. The van der Waals surface area contributed by atoms with E-state index in [0.717, 1.165) is 0 Å². The highest BCUT2D eigenvalue weighted by Gasteiger charge is 2.32. The minimum absolute atomic E-state index is 0.131. The van der Waals surface area contributed by atoms with E-state index in [2.05, 4.69) is 5.32 Å². The number of nitrogens with one attached hydrogen (secondary N) is 1. The van der Waals surface area contributed by atoms with Crippen LogP contribution in [0.3, 0.4) is 0 Å². The van der Waals surface area contributed by atoms with Gasteiger partial charge in [-0.05, 0) is 30.3 Å². The lowest BCUT2D eigenvalue weighted by Gasteiger charge is -2.13. The second-order valence-corrected chi connectivity index (χ2v) is 5.84. The van der Waals surface area contributed by atoms with Crippen LogP contribution in [0.15, 0.2) is 48.5 Å². The number of para-hydroxylation sites is 2. The van der Waals surface area contributed by atoms with Gasteiger partial charge in [0.1, 0.15) is 11.9 Å². The Morgan fingerprint density at radius 1 is 1.26 bits per heavy atom. The monoisotopic (exact) mass is 374 g/mol. The molecule has 0 aromatic heterocycles. The molecule has 1 unspecified atom stereocenters. The number of ether oxygens (including phenoxy) is 3. The molecule has 0 bridgehead atoms. The molecule has 1 fully saturated rings. The third kappa shape index (κ3) is 4.66. The first-order valence-corrected chi connectivity index (χ1v) is 8.33. The molecule has 0 spiro atoms. The Morgan fingerprint density at radius 3 is 2.78 bits per heavy atom. The van der Waals surface area contributed by atoms with Crippen LogP contribution >= 0.6 is 0 Å². The number of cyclic esters (lactones) is 1. The van der Waals surface area contributed by atoms with Crippen LogP contribution in [0.5, 0.6) is 11.5 Å². The average molecular weight is 374 g/mol. The van der Waals surface area contributed by atoms with Crippen molar-refractivity contribution in [2.45, 2.75) is 6.10 Å². The zero-order chi connectivity index (χ0) is 19.2. The first-order valence-electron chi connectivity index (χ1n) is 8.33. The van der Waals surface area contributed by atoms with E-state index in [1.54, 1.807) is 30.3 Å². The van der Waals surface area contributed by atoms with Crippen molar-refractivity contribution >= 4 is 17.7 Å². The van der Waals surface area contributed by atoms with Gasteiger partial charge < -0.3 is 19.5 Å². The molecule has 1 heterocycles. The van der Waals surface area contributed by atoms with Crippen LogP contribution in [0.2, 0.25) is 0 Å². The van der Waals surface area contributed by atoms with E-state index < -0.39 is 18.0 Å². The lowest BCUT2D eigenvalue weighted by atomic mass is 10.2. The fourth-order valence-corrected chi connectivity index (χ4v) is 2.64. The van der Waals surface area contributed by atoms with E-state index in [0.29, 0.717) is 17.2 Å². The fourth-order valence-electron chi connectivity index (χ4n) is 2.64. The van der Waals surface area contributed by atoms with Gasteiger partial charge >= 0.3 is 6.09 Å².